The normalized spacial score (nSPS) is 12.4. The lowest BCUT2D eigenvalue weighted by molar-refractivity contribution is 0.622. The van der Waals surface area contributed by atoms with Crippen LogP contribution in [-0.4, -0.2) is 4.98 Å². The Morgan fingerprint density at radius 3 is 2.89 bits per heavy atom. The van der Waals surface area contributed by atoms with Crippen molar-refractivity contribution >= 4 is 11.6 Å². The van der Waals surface area contributed by atoms with Gasteiger partial charge in [0.1, 0.15) is 5.82 Å². The molecule has 1 atom stereocenters. The molecule has 0 spiro atoms. The molecular formula is C14H14ClFN2. The molecule has 0 aliphatic heterocycles. The van der Waals surface area contributed by atoms with Crippen molar-refractivity contribution < 1.29 is 4.39 Å². The van der Waals surface area contributed by atoms with E-state index in [0.717, 1.165) is 16.8 Å². The van der Waals surface area contributed by atoms with Crippen LogP contribution in [0.4, 0.5) is 4.39 Å². The topological polar surface area (TPSA) is 38.9 Å². The maximum absolute atomic E-state index is 13.3. The summed E-state index contributed by atoms with van der Waals surface area (Å²) in [7, 11) is 0. The Morgan fingerprint density at radius 1 is 1.39 bits per heavy atom. The summed E-state index contributed by atoms with van der Waals surface area (Å²) >= 11 is 5.91. The van der Waals surface area contributed by atoms with Gasteiger partial charge in [0.25, 0.3) is 0 Å². The number of aromatic nitrogens is 1. The third kappa shape index (κ3) is 2.86. The summed E-state index contributed by atoms with van der Waals surface area (Å²) < 4.78 is 13.3. The van der Waals surface area contributed by atoms with Crippen molar-refractivity contribution in [3.8, 4) is 0 Å². The lowest BCUT2D eigenvalue weighted by Gasteiger charge is -2.13. The Bertz CT molecular complexity index is 557. The first kappa shape index (κ1) is 13.0. The Kier molecular flexibility index (Phi) is 3.94. The van der Waals surface area contributed by atoms with Gasteiger partial charge in [-0.25, -0.2) is 4.39 Å². The monoisotopic (exact) mass is 264 g/mol. The highest BCUT2D eigenvalue weighted by Gasteiger charge is 2.12. The molecule has 1 unspecified atom stereocenters. The Balaban J connectivity index is 2.21. The van der Waals surface area contributed by atoms with Crippen LogP contribution in [0.3, 0.4) is 0 Å². The minimum Gasteiger partial charge on any atom is -0.324 e. The van der Waals surface area contributed by atoms with Gasteiger partial charge < -0.3 is 5.73 Å². The zero-order valence-corrected chi connectivity index (χ0v) is 10.8. The minimum atomic E-state index is -0.410. The molecule has 0 saturated carbocycles. The predicted molar refractivity (Wildman–Crippen MR) is 71.0 cm³/mol. The van der Waals surface area contributed by atoms with E-state index in [9.17, 15) is 4.39 Å². The van der Waals surface area contributed by atoms with Gasteiger partial charge >= 0.3 is 0 Å². The van der Waals surface area contributed by atoms with E-state index in [1.807, 2.05) is 19.1 Å². The summed E-state index contributed by atoms with van der Waals surface area (Å²) in [4.78, 5) is 4.12. The van der Waals surface area contributed by atoms with Gasteiger partial charge in [0, 0.05) is 17.9 Å². The number of pyridine rings is 1. The van der Waals surface area contributed by atoms with Gasteiger partial charge in [-0.3, -0.25) is 4.98 Å². The van der Waals surface area contributed by atoms with Crippen molar-refractivity contribution in [2.24, 2.45) is 5.73 Å². The van der Waals surface area contributed by atoms with Crippen LogP contribution in [0.2, 0.25) is 5.02 Å². The number of benzene rings is 1. The van der Waals surface area contributed by atoms with E-state index in [1.54, 1.807) is 18.3 Å². The third-order valence-corrected chi connectivity index (χ3v) is 3.24. The van der Waals surface area contributed by atoms with Crippen LogP contribution in [0.5, 0.6) is 0 Å². The lowest BCUT2D eigenvalue weighted by atomic mass is 10.00. The highest BCUT2D eigenvalue weighted by molar-refractivity contribution is 6.31. The fourth-order valence-corrected chi connectivity index (χ4v) is 2.06. The molecule has 1 aromatic carbocycles. The molecule has 18 heavy (non-hydrogen) atoms. The molecule has 0 fully saturated rings. The van der Waals surface area contributed by atoms with E-state index in [1.165, 1.54) is 6.07 Å². The molecule has 94 valence electrons. The van der Waals surface area contributed by atoms with Crippen LogP contribution in [0.15, 0.2) is 36.5 Å². The number of hydrogen-bond donors (Lipinski definition) is 1. The summed E-state index contributed by atoms with van der Waals surface area (Å²) in [6, 6.07) is 8.35. The Hall–Kier alpha value is -1.45. The molecule has 2 aromatic rings. The van der Waals surface area contributed by atoms with Gasteiger partial charge in [0.15, 0.2) is 0 Å². The van der Waals surface area contributed by atoms with Gasteiger partial charge in [0.05, 0.1) is 5.02 Å². The minimum absolute atomic E-state index is 0.152. The molecular weight excluding hydrogens is 251 g/mol. The number of hydrogen-bond acceptors (Lipinski definition) is 2. The summed E-state index contributed by atoms with van der Waals surface area (Å²) in [6.07, 6.45) is 2.22. The maximum Gasteiger partial charge on any atom is 0.142 e. The van der Waals surface area contributed by atoms with Crippen molar-refractivity contribution in [3.05, 3.63) is 64.2 Å². The molecule has 1 aromatic heterocycles. The van der Waals surface area contributed by atoms with Crippen molar-refractivity contribution in [2.75, 3.05) is 0 Å². The van der Waals surface area contributed by atoms with Crippen LogP contribution < -0.4 is 5.73 Å². The summed E-state index contributed by atoms with van der Waals surface area (Å²) in [5.41, 5.74) is 8.71. The number of nitrogens with zero attached hydrogens (tertiary/aromatic N) is 1. The largest absolute Gasteiger partial charge is 0.324 e. The van der Waals surface area contributed by atoms with E-state index >= 15 is 0 Å². The van der Waals surface area contributed by atoms with Gasteiger partial charge in [-0.1, -0.05) is 23.7 Å². The molecule has 1 heterocycles. The predicted octanol–water partition coefficient (Wildman–Crippen LogP) is 3.43. The number of halogens is 2. The first-order valence-electron chi connectivity index (χ1n) is 5.69. The Morgan fingerprint density at radius 2 is 2.17 bits per heavy atom. The van der Waals surface area contributed by atoms with E-state index < -0.39 is 5.82 Å². The molecule has 0 radical (unpaired) electrons. The van der Waals surface area contributed by atoms with Gasteiger partial charge in [-0.15, -0.1) is 0 Å². The fourth-order valence-electron chi connectivity index (χ4n) is 1.86. The van der Waals surface area contributed by atoms with Crippen molar-refractivity contribution in [1.29, 1.82) is 0 Å². The van der Waals surface area contributed by atoms with E-state index in [2.05, 4.69) is 4.98 Å². The first-order chi connectivity index (χ1) is 8.58. The zero-order chi connectivity index (χ0) is 13.1. The number of aryl methyl sites for hydroxylation is 1. The van der Waals surface area contributed by atoms with Crippen molar-refractivity contribution in [2.45, 2.75) is 19.4 Å². The van der Waals surface area contributed by atoms with Crippen molar-refractivity contribution in [1.82, 2.24) is 4.98 Å². The van der Waals surface area contributed by atoms with Gasteiger partial charge in [-0.2, -0.15) is 0 Å². The maximum atomic E-state index is 13.3. The third-order valence-electron chi connectivity index (χ3n) is 2.82. The summed E-state index contributed by atoms with van der Waals surface area (Å²) in [5.74, 6) is -0.410. The fraction of sp³-hybridized carbons (Fsp3) is 0.214. The number of nitrogens with two attached hydrogens (primary N) is 1. The second-order valence-electron chi connectivity index (χ2n) is 4.25. The van der Waals surface area contributed by atoms with E-state index in [-0.39, 0.29) is 11.1 Å². The van der Waals surface area contributed by atoms with Crippen LogP contribution in [-0.2, 0) is 6.42 Å². The van der Waals surface area contributed by atoms with Crippen LogP contribution >= 0.6 is 11.6 Å². The molecule has 2 N–H and O–H groups in total. The quantitative estimate of drug-likeness (QED) is 0.923. The molecule has 4 heteroatoms. The van der Waals surface area contributed by atoms with Gasteiger partial charge in [0.2, 0.25) is 0 Å². The van der Waals surface area contributed by atoms with Gasteiger partial charge in [-0.05, 0) is 42.7 Å². The molecule has 2 nitrogen and oxygen atoms in total. The smallest absolute Gasteiger partial charge is 0.142 e. The SMILES string of the molecule is Cc1cc(C(N)Cc2cccc(F)c2Cl)ccn1. The average molecular weight is 265 g/mol. The van der Waals surface area contributed by atoms with E-state index in [4.69, 9.17) is 17.3 Å². The molecule has 0 saturated heterocycles. The van der Waals surface area contributed by atoms with Crippen LogP contribution in [0.1, 0.15) is 22.9 Å². The second kappa shape index (κ2) is 5.46. The van der Waals surface area contributed by atoms with E-state index in [0.29, 0.717) is 6.42 Å². The second-order valence-corrected chi connectivity index (χ2v) is 4.63. The molecule has 0 bridgehead atoms. The highest BCUT2D eigenvalue weighted by Crippen LogP contribution is 2.24. The van der Waals surface area contributed by atoms with Crippen LogP contribution in [0.25, 0.3) is 0 Å². The molecule has 0 aliphatic rings. The lowest BCUT2D eigenvalue weighted by Crippen LogP contribution is -2.14. The molecule has 0 aliphatic carbocycles. The van der Waals surface area contributed by atoms with Crippen molar-refractivity contribution in [3.63, 3.8) is 0 Å². The molecule has 0 amide bonds. The summed E-state index contributed by atoms with van der Waals surface area (Å²) in [5, 5.41) is 0.152. The average Bonchev–Trinajstić information content (AvgIpc) is 2.35. The molecule has 2 rings (SSSR count). The summed E-state index contributed by atoms with van der Waals surface area (Å²) in [6.45, 7) is 1.91. The highest BCUT2D eigenvalue weighted by atomic mass is 35.5. The zero-order valence-electron chi connectivity index (χ0n) is 10.0. The first-order valence-corrected chi connectivity index (χ1v) is 6.06. The number of rotatable bonds is 3. The Labute approximate surface area is 111 Å². The van der Waals surface area contributed by atoms with Crippen LogP contribution in [0, 0.1) is 12.7 Å². The standard InChI is InChI=1S/C14H14ClFN2/c1-9-7-10(5-6-18-9)13(17)8-11-3-2-4-12(16)14(11)15/h2-7,13H,8,17H2,1H3.